The Kier molecular flexibility index (Phi) is 10.1. The molecule has 5 rings (SSSR count). The zero-order chi connectivity index (χ0) is 32.3. The highest BCUT2D eigenvalue weighted by Gasteiger charge is 2.41. The number of hydrogen-bond acceptors (Lipinski definition) is 7. The van der Waals surface area contributed by atoms with Crippen LogP contribution in [-0.2, 0) is 21.2 Å². The molecule has 3 N–H and O–H groups in total. The van der Waals surface area contributed by atoms with Gasteiger partial charge in [0.25, 0.3) is 10.0 Å². The summed E-state index contributed by atoms with van der Waals surface area (Å²) in [6.07, 6.45) is 4.87. The molecule has 0 spiro atoms. The van der Waals surface area contributed by atoms with E-state index in [-0.39, 0.29) is 35.3 Å². The van der Waals surface area contributed by atoms with Crippen molar-refractivity contribution < 1.29 is 17.9 Å². The van der Waals surface area contributed by atoms with E-state index in [1.54, 1.807) is 31.2 Å². The topological polar surface area (TPSA) is 128 Å². The van der Waals surface area contributed by atoms with Crippen LogP contribution in [0.25, 0.3) is 11.3 Å². The SMILES string of the molecule is CC(=O)N1C[C@H]2C[C@H](CCc3cccc(S(=O)(=O)Nc4nc(OC[C@H](N)CC(C)C)cc(-c5c(C)cccc5C)n4)c3)C[C@H]2C1. The van der Waals surface area contributed by atoms with E-state index in [2.05, 4.69) is 28.5 Å². The van der Waals surface area contributed by atoms with Crippen LogP contribution < -0.4 is 15.2 Å². The number of sulfonamides is 1. The zero-order valence-electron chi connectivity index (χ0n) is 27.1. The van der Waals surface area contributed by atoms with Crippen molar-refractivity contribution in [3.05, 3.63) is 65.2 Å². The number of carbonyl (C=O) groups excluding carboxylic acids is 1. The lowest BCUT2D eigenvalue weighted by atomic mass is 9.96. The fourth-order valence-electron chi connectivity index (χ4n) is 7.09. The number of aryl methyl sites for hydroxylation is 3. The van der Waals surface area contributed by atoms with Crippen molar-refractivity contribution in [1.29, 1.82) is 0 Å². The summed E-state index contributed by atoms with van der Waals surface area (Å²) < 4.78 is 35.9. The lowest BCUT2D eigenvalue weighted by Gasteiger charge is -2.17. The first kappa shape index (κ1) is 32.9. The molecule has 0 radical (unpaired) electrons. The first-order chi connectivity index (χ1) is 21.4. The maximum atomic E-state index is 13.6. The summed E-state index contributed by atoms with van der Waals surface area (Å²) in [5, 5.41) is 0. The fourth-order valence-corrected chi connectivity index (χ4v) is 8.11. The number of carbonyl (C=O) groups is 1. The number of fused-ring (bicyclic) bond motifs is 1. The molecule has 3 aromatic rings. The van der Waals surface area contributed by atoms with Crippen molar-refractivity contribution in [2.24, 2.45) is 29.4 Å². The van der Waals surface area contributed by atoms with Gasteiger partial charge in [-0.05, 0) is 98.4 Å². The van der Waals surface area contributed by atoms with Crippen LogP contribution >= 0.6 is 0 Å². The Labute approximate surface area is 268 Å². The first-order valence-corrected chi connectivity index (χ1v) is 17.6. The number of nitrogens with two attached hydrogens (primary N) is 1. The largest absolute Gasteiger partial charge is 0.476 e. The van der Waals surface area contributed by atoms with Crippen LogP contribution in [0.15, 0.2) is 53.4 Å². The van der Waals surface area contributed by atoms with Crippen molar-refractivity contribution in [2.45, 2.75) is 77.7 Å². The van der Waals surface area contributed by atoms with Crippen LogP contribution in [0.3, 0.4) is 0 Å². The van der Waals surface area contributed by atoms with Gasteiger partial charge in [-0.15, -0.1) is 0 Å². The molecule has 1 aromatic heterocycles. The zero-order valence-corrected chi connectivity index (χ0v) is 27.9. The highest BCUT2D eigenvalue weighted by atomic mass is 32.2. The van der Waals surface area contributed by atoms with E-state index in [1.807, 2.05) is 43.0 Å². The molecule has 2 fully saturated rings. The Bertz CT molecular complexity index is 1590. The third-order valence-electron chi connectivity index (χ3n) is 9.23. The summed E-state index contributed by atoms with van der Waals surface area (Å²) in [4.78, 5) is 23.0. The van der Waals surface area contributed by atoms with Gasteiger partial charge in [0.15, 0.2) is 0 Å². The van der Waals surface area contributed by atoms with Crippen LogP contribution in [0.1, 0.15) is 63.1 Å². The number of benzene rings is 2. The average Bonchev–Trinajstić information content (AvgIpc) is 3.54. The van der Waals surface area contributed by atoms with Crippen LogP contribution in [-0.4, -0.2) is 54.9 Å². The molecule has 10 heteroatoms. The molecule has 2 aromatic carbocycles. The maximum absolute atomic E-state index is 13.6. The Morgan fingerprint density at radius 1 is 1.04 bits per heavy atom. The van der Waals surface area contributed by atoms with Gasteiger partial charge in [-0.2, -0.15) is 4.98 Å². The van der Waals surface area contributed by atoms with Crippen molar-refractivity contribution in [3.8, 4) is 17.1 Å². The third kappa shape index (κ3) is 8.21. The number of rotatable bonds is 12. The van der Waals surface area contributed by atoms with Gasteiger partial charge >= 0.3 is 0 Å². The van der Waals surface area contributed by atoms with Gasteiger partial charge in [-0.3, -0.25) is 4.79 Å². The summed E-state index contributed by atoms with van der Waals surface area (Å²) in [5.74, 6) is 2.59. The van der Waals surface area contributed by atoms with E-state index in [4.69, 9.17) is 10.5 Å². The second-order valence-electron chi connectivity index (χ2n) is 13.5. The second kappa shape index (κ2) is 13.9. The molecular weight excluding hydrogens is 586 g/mol. The molecule has 2 aliphatic rings. The molecular formula is C35H47N5O4S. The summed E-state index contributed by atoms with van der Waals surface area (Å²) in [6.45, 7) is 11.9. The van der Waals surface area contributed by atoms with Crippen molar-refractivity contribution in [1.82, 2.24) is 14.9 Å². The Hall–Kier alpha value is -3.50. The van der Waals surface area contributed by atoms with E-state index in [0.29, 0.717) is 29.4 Å². The van der Waals surface area contributed by atoms with Gasteiger partial charge in [0.05, 0.1) is 10.6 Å². The van der Waals surface area contributed by atoms with Gasteiger partial charge in [0, 0.05) is 37.7 Å². The normalized spacial score (nSPS) is 20.3. The molecule has 0 unspecified atom stereocenters. The van der Waals surface area contributed by atoms with E-state index < -0.39 is 10.0 Å². The monoisotopic (exact) mass is 633 g/mol. The van der Waals surface area contributed by atoms with Gasteiger partial charge in [-0.1, -0.05) is 44.2 Å². The van der Waals surface area contributed by atoms with E-state index >= 15 is 0 Å². The second-order valence-corrected chi connectivity index (χ2v) is 15.1. The minimum atomic E-state index is -3.98. The first-order valence-electron chi connectivity index (χ1n) is 16.1. The van der Waals surface area contributed by atoms with Crippen LogP contribution in [0, 0.1) is 37.5 Å². The Morgan fingerprint density at radius 2 is 1.71 bits per heavy atom. The lowest BCUT2D eigenvalue weighted by molar-refractivity contribution is -0.128. The molecule has 1 saturated heterocycles. The minimum Gasteiger partial charge on any atom is -0.476 e. The average molecular weight is 634 g/mol. The summed E-state index contributed by atoms with van der Waals surface area (Å²) in [6, 6.07) is 14.7. The number of hydrogen-bond donors (Lipinski definition) is 2. The van der Waals surface area contributed by atoms with Gasteiger partial charge in [-0.25, -0.2) is 18.1 Å². The molecule has 2 heterocycles. The molecule has 4 atom stereocenters. The number of aromatic nitrogens is 2. The Morgan fingerprint density at radius 3 is 2.36 bits per heavy atom. The highest BCUT2D eigenvalue weighted by Crippen LogP contribution is 2.43. The molecule has 1 amide bonds. The molecule has 0 bridgehead atoms. The predicted molar refractivity (Wildman–Crippen MR) is 177 cm³/mol. The summed E-state index contributed by atoms with van der Waals surface area (Å²) >= 11 is 0. The minimum absolute atomic E-state index is 0.0508. The number of nitrogens with one attached hydrogen (secondary N) is 1. The lowest BCUT2D eigenvalue weighted by Crippen LogP contribution is -2.29. The van der Waals surface area contributed by atoms with Gasteiger partial charge in [0.1, 0.15) is 6.61 Å². The Balaban J connectivity index is 1.31. The molecule has 1 aliphatic carbocycles. The molecule has 242 valence electrons. The van der Waals surface area contributed by atoms with E-state index in [0.717, 1.165) is 67.4 Å². The summed E-state index contributed by atoms with van der Waals surface area (Å²) in [5.41, 5.74) is 10.7. The summed E-state index contributed by atoms with van der Waals surface area (Å²) in [7, 11) is -3.98. The van der Waals surface area contributed by atoms with Crippen LogP contribution in [0.2, 0.25) is 0 Å². The van der Waals surface area contributed by atoms with Crippen LogP contribution in [0.4, 0.5) is 5.95 Å². The van der Waals surface area contributed by atoms with Crippen molar-refractivity contribution in [2.75, 3.05) is 24.4 Å². The molecule has 1 aliphatic heterocycles. The number of anilines is 1. The number of nitrogens with zero attached hydrogens (tertiary/aromatic N) is 3. The van der Waals surface area contributed by atoms with Crippen molar-refractivity contribution >= 4 is 21.9 Å². The quantitative estimate of drug-likeness (QED) is 0.260. The highest BCUT2D eigenvalue weighted by molar-refractivity contribution is 7.92. The number of likely N-dealkylation sites (tertiary alicyclic amines) is 1. The number of amides is 1. The molecule has 1 saturated carbocycles. The van der Waals surface area contributed by atoms with Gasteiger partial charge in [0.2, 0.25) is 17.7 Å². The van der Waals surface area contributed by atoms with Crippen molar-refractivity contribution in [3.63, 3.8) is 0 Å². The van der Waals surface area contributed by atoms with Gasteiger partial charge < -0.3 is 15.4 Å². The molecule has 9 nitrogen and oxygen atoms in total. The predicted octanol–water partition coefficient (Wildman–Crippen LogP) is 5.75. The van der Waals surface area contributed by atoms with E-state index in [9.17, 15) is 13.2 Å². The standard InChI is InChI=1S/C35H47N5O4S/c1-22(2)14-30(36)21-44-33-18-32(34-23(3)8-6-9-24(34)4)37-35(38-33)39-45(42,43)31-11-7-10-26(17-31)12-13-27-15-28-19-40(25(5)41)20-29(28)16-27/h6-11,17-18,22,27-30H,12-16,19-21,36H2,1-5H3,(H,37,38,39)/t27-,28+,29-,30-/m1/s1. The smallest absolute Gasteiger partial charge is 0.264 e. The van der Waals surface area contributed by atoms with E-state index in [1.165, 1.54) is 0 Å². The van der Waals surface area contributed by atoms with Crippen LogP contribution in [0.5, 0.6) is 5.88 Å². The third-order valence-corrected chi connectivity index (χ3v) is 10.6. The molecule has 45 heavy (non-hydrogen) atoms. The fraction of sp³-hybridized carbons (Fsp3) is 0.514. The maximum Gasteiger partial charge on any atom is 0.264 e. The number of ether oxygens (including phenoxy) is 1.